The Hall–Kier alpha value is -2.97. The Morgan fingerprint density at radius 3 is 2.41 bits per heavy atom. The summed E-state index contributed by atoms with van der Waals surface area (Å²) in [6.45, 7) is 1.45. The second kappa shape index (κ2) is 8.18. The first-order valence-corrected chi connectivity index (χ1v) is 11.0. The lowest BCUT2D eigenvalue weighted by Gasteiger charge is -2.15. The molecule has 4 rings (SSSR count). The highest BCUT2D eigenvalue weighted by Crippen LogP contribution is 2.22. The van der Waals surface area contributed by atoms with Gasteiger partial charge in [0.05, 0.1) is 22.3 Å². The SMILES string of the molecule is O=C(NCc1ccc(S(=O)(=O)N2CCCC2)cc1)c1cn[nH]c1-c1ccccc1. The zero-order valence-corrected chi connectivity index (χ0v) is 16.7. The maximum Gasteiger partial charge on any atom is 0.255 e. The standard InChI is InChI=1S/C21H22N4O3S/c26-21(19-15-23-24-20(19)17-6-2-1-3-7-17)22-14-16-8-10-18(11-9-16)29(27,28)25-12-4-5-13-25/h1-3,6-11,15H,4-5,12-14H2,(H,22,26)(H,23,24). The van der Waals surface area contributed by atoms with Crippen LogP contribution < -0.4 is 5.32 Å². The van der Waals surface area contributed by atoms with E-state index in [1.165, 1.54) is 10.5 Å². The summed E-state index contributed by atoms with van der Waals surface area (Å²) in [5.74, 6) is -0.244. The van der Waals surface area contributed by atoms with E-state index in [2.05, 4.69) is 15.5 Å². The molecule has 8 heteroatoms. The number of aromatic nitrogens is 2. The molecule has 2 N–H and O–H groups in total. The molecule has 2 heterocycles. The summed E-state index contributed by atoms with van der Waals surface area (Å²) in [5, 5.41) is 9.73. The predicted molar refractivity (Wildman–Crippen MR) is 110 cm³/mol. The fourth-order valence-electron chi connectivity index (χ4n) is 3.42. The number of sulfonamides is 1. The summed E-state index contributed by atoms with van der Waals surface area (Å²) in [6, 6.07) is 16.2. The van der Waals surface area contributed by atoms with Gasteiger partial charge in [0.2, 0.25) is 10.0 Å². The third-order valence-corrected chi connectivity index (χ3v) is 6.94. The number of hydrogen-bond acceptors (Lipinski definition) is 4. The first kappa shape index (κ1) is 19.4. The van der Waals surface area contributed by atoms with Crippen molar-refractivity contribution in [2.24, 2.45) is 0 Å². The summed E-state index contributed by atoms with van der Waals surface area (Å²) < 4.78 is 26.7. The molecule has 1 fully saturated rings. The smallest absolute Gasteiger partial charge is 0.255 e. The molecule has 0 spiro atoms. The first-order valence-electron chi connectivity index (χ1n) is 9.52. The molecular formula is C21H22N4O3S. The summed E-state index contributed by atoms with van der Waals surface area (Å²) in [4.78, 5) is 12.9. The molecule has 29 heavy (non-hydrogen) atoms. The summed E-state index contributed by atoms with van der Waals surface area (Å²) in [6.07, 6.45) is 3.31. The molecule has 150 valence electrons. The molecule has 0 unspecified atom stereocenters. The molecule has 0 bridgehead atoms. The van der Waals surface area contributed by atoms with E-state index in [4.69, 9.17) is 0 Å². The number of benzene rings is 2. The second-order valence-corrected chi connectivity index (χ2v) is 8.90. The van der Waals surface area contributed by atoms with Crippen LogP contribution in [-0.2, 0) is 16.6 Å². The highest BCUT2D eigenvalue weighted by atomic mass is 32.2. The molecule has 1 saturated heterocycles. The number of hydrogen-bond donors (Lipinski definition) is 2. The normalized spacial score (nSPS) is 14.8. The van der Waals surface area contributed by atoms with Crippen LogP contribution in [0.25, 0.3) is 11.3 Å². The Labute approximate surface area is 169 Å². The molecule has 1 aliphatic heterocycles. The predicted octanol–water partition coefficient (Wildman–Crippen LogP) is 2.79. The van der Waals surface area contributed by atoms with E-state index in [-0.39, 0.29) is 10.8 Å². The van der Waals surface area contributed by atoms with Crippen molar-refractivity contribution in [2.45, 2.75) is 24.3 Å². The lowest BCUT2D eigenvalue weighted by Crippen LogP contribution is -2.28. The molecule has 7 nitrogen and oxygen atoms in total. The van der Waals surface area contributed by atoms with E-state index < -0.39 is 10.0 Å². The van der Waals surface area contributed by atoms with Gasteiger partial charge in [0.1, 0.15) is 0 Å². The van der Waals surface area contributed by atoms with Gasteiger partial charge in [0.25, 0.3) is 5.91 Å². The zero-order chi connectivity index (χ0) is 20.3. The molecule has 2 aromatic carbocycles. The fraction of sp³-hybridized carbons (Fsp3) is 0.238. The minimum absolute atomic E-state index is 0.244. The second-order valence-electron chi connectivity index (χ2n) is 6.96. The summed E-state index contributed by atoms with van der Waals surface area (Å²) in [7, 11) is -3.42. The maximum atomic E-state index is 12.6. The first-order chi connectivity index (χ1) is 14.1. The Balaban J connectivity index is 1.42. The number of carbonyl (C=O) groups excluding carboxylic acids is 1. The molecular weight excluding hydrogens is 388 g/mol. The minimum Gasteiger partial charge on any atom is -0.348 e. The zero-order valence-electron chi connectivity index (χ0n) is 15.8. The largest absolute Gasteiger partial charge is 0.348 e. The van der Waals surface area contributed by atoms with Gasteiger partial charge in [-0.05, 0) is 30.5 Å². The lowest BCUT2D eigenvalue weighted by molar-refractivity contribution is 0.0951. The van der Waals surface area contributed by atoms with Crippen LogP contribution >= 0.6 is 0 Å². The minimum atomic E-state index is -3.42. The number of H-pyrrole nitrogens is 1. The van der Waals surface area contributed by atoms with Crippen LogP contribution in [0.3, 0.4) is 0 Å². The molecule has 1 aromatic heterocycles. The van der Waals surface area contributed by atoms with E-state index in [0.29, 0.717) is 30.9 Å². The van der Waals surface area contributed by atoms with Crippen molar-refractivity contribution >= 4 is 15.9 Å². The van der Waals surface area contributed by atoms with Crippen LogP contribution in [0.5, 0.6) is 0 Å². The van der Waals surface area contributed by atoms with Gasteiger partial charge in [0, 0.05) is 25.2 Å². The van der Waals surface area contributed by atoms with Gasteiger partial charge in [-0.1, -0.05) is 42.5 Å². The van der Waals surface area contributed by atoms with E-state index in [0.717, 1.165) is 24.0 Å². The van der Waals surface area contributed by atoms with Crippen molar-refractivity contribution in [3.05, 3.63) is 71.9 Å². The highest BCUT2D eigenvalue weighted by molar-refractivity contribution is 7.89. The van der Waals surface area contributed by atoms with Crippen molar-refractivity contribution < 1.29 is 13.2 Å². The van der Waals surface area contributed by atoms with Crippen molar-refractivity contribution in [1.82, 2.24) is 19.8 Å². The number of aromatic amines is 1. The van der Waals surface area contributed by atoms with Crippen molar-refractivity contribution in [3.8, 4) is 11.3 Å². The van der Waals surface area contributed by atoms with Crippen LogP contribution in [0.2, 0.25) is 0 Å². The van der Waals surface area contributed by atoms with E-state index >= 15 is 0 Å². The number of nitrogens with zero attached hydrogens (tertiary/aromatic N) is 2. The monoisotopic (exact) mass is 410 g/mol. The van der Waals surface area contributed by atoms with Gasteiger partial charge in [-0.2, -0.15) is 9.40 Å². The third-order valence-electron chi connectivity index (χ3n) is 5.03. The van der Waals surface area contributed by atoms with Crippen LogP contribution in [-0.4, -0.2) is 41.9 Å². The van der Waals surface area contributed by atoms with Gasteiger partial charge < -0.3 is 5.32 Å². The number of amides is 1. The molecule has 1 amide bonds. The quantitative estimate of drug-likeness (QED) is 0.653. The average Bonchev–Trinajstić information content (AvgIpc) is 3.45. The van der Waals surface area contributed by atoms with Crippen molar-refractivity contribution in [1.29, 1.82) is 0 Å². The van der Waals surface area contributed by atoms with Gasteiger partial charge >= 0.3 is 0 Å². The van der Waals surface area contributed by atoms with Gasteiger partial charge in [-0.3, -0.25) is 9.89 Å². The molecule has 3 aromatic rings. The van der Waals surface area contributed by atoms with Gasteiger partial charge in [-0.15, -0.1) is 0 Å². The van der Waals surface area contributed by atoms with Crippen LogP contribution in [0.1, 0.15) is 28.8 Å². The molecule has 0 aliphatic carbocycles. The van der Waals surface area contributed by atoms with Crippen molar-refractivity contribution in [2.75, 3.05) is 13.1 Å². The van der Waals surface area contributed by atoms with Crippen LogP contribution in [0, 0.1) is 0 Å². The van der Waals surface area contributed by atoms with Gasteiger partial charge in [0.15, 0.2) is 0 Å². The number of carbonyl (C=O) groups is 1. The topological polar surface area (TPSA) is 95.2 Å². The Morgan fingerprint density at radius 1 is 1.03 bits per heavy atom. The Bertz CT molecular complexity index is 1090. The van der Waals surface area contributed by atoms with E-state index in [9.17, 15) is 13.2 Å². The molecule has 0 radical (unpaired) electrons. The molecule has 0 atom stereocenters. The summed E-state index contributed by atoms with van der Waals surface area (Å²) >= 11 is 0. The third kappa shape index (κ3) is 4.08. The molecule has 0 saturated carbocycles. The highest BCUT2D eigenvalue weighted by Gasteiger charge is 2.26. The Kier molecular flexibility index (Phi) is 5.46. The average molecular weight is 410 g/mol. The maximum absolute atomic E-state index is 12.6. The van der Waals surface area contributed by atoms with E-state index in [1.54, 1.807) is 24.3 Å². The molecule has 1 aliphatic rings. The summed E-state index contributed by atoms with van der Waals surface area (Å²) in [5.41, 5.74) is 2.83. The lowest BCUT2D eigenvalue weighted by atomic mass is 10.1. The van der Waals surface area contributed by atoms with Gasteiger partial charge in [-0.25, -0.2) is 8.42 Å². The fourth-order valence-corrected chi connectivity index (χ4v) is 4.93. The van der Waals surface area contributed by atoms with Crippen LogP contribution in [0.4, 0.5) is 0 Å². The number of rotatable bonds is 6. The van der Waals surface area contributed by atoms with Crippen molar-refractivity contribution in [3.63, 3.8) is 0 Å². The Morgan fingerprint density at radius 2 is 1.72 bits per heavy atom. The number of nitrogens with one attached hydrogen (secondary N) is 2. The van der Waals surface area contributed by atoms with Crippen LogP contribution in [0.15, 0.2) is 65.7 Å². The van der Waals surface area contributed by atoms with E-state index in [1.807, 2.05) is 30.3 Å².